The predicted molar refractivity (Wildman–Crippen MR) is 74.1 cm³/mol. The molecule has 2 heterocycles. The Hall–Kier alpha value is -1.29. The van der Waals surface area contributed by atoms with Gasteiger partial charge in [-0.2, -0.15) is 0 Å². The van der Waals surface area contributed by atoms with Crippen molar-refractivity contribution in [1.82, 2.24) is 9.88 Å². The van der Waals surface area contributed by atoms with Crippen LogP contribution < -0.4 is 10.1 Å². The fraction of sp³-hybridized carbons (Fsp3) is 0.643. The van der Waals surface area contributed by atoms with Crippen LogP contribution in [0.4, 0.5) is 5.69 Å². The lowest BCUT2D eigenvalue weighted by Gasteiger charge is -2.21. The van der Waals surface area contributed by atoms with Gasteiger partial charge in [0.05, 0.1) is 12.3 Å². The van der Waals surface area contributed by atoms with E-state index in [0.717, 1.165) is 12.2 Å². The van der Waals surface area contributed by atoms with E-state index in [4.69, 9.17) is 4.74 Å². The Morgan fingerprint density at radius 2 is 2.39 bits per heavy atom. The number of aromatic nitrogens is 1. The average Bonchev–Trinajstić information content (AvgIpc) is 2.81. The molecule has 0 aliphatic carbocycles. The number of nitrogens with zero attached hydrogens (tertiary/aromatic N) is 2. The Balaban J connectivity index is 1.98. The van der Waals surface area contributed by atoms with Gasteiger partial charge in [-0.25, -0.2) is 4.98 Å². The van der Waals surface area contributed by atoms with Crippen molar-refractivity contribution in [2.75, 3.05) is 25.0 Å². The number of hydrogen-bond acceptors (Lipinski definition) is 4. The zero-order valence-electron chi connectivity index (χ0n) is 11.5. The Morgan fingerprint density at radius 1 is 1.56 bits per heavy atom. The lowest BCUT2D eigenvalue weighted by molar-refractivity contribution is 0.274. The third-order valence-electron chi connectivity index (χ3n) is 3.36. The summed E-state index contributed by atoms with van der Waals surface area (Å²) >= 11 is 0. The highest BCUT2D eigenvalue weighted by Crippen LogP contribution is 2.24. The molecule has 0 aromatic carbocycles. The number of rotatable bonds is 5. The van der Waals surface area contributed by atoms with Gasteiger partial charge in [-0.15, -0.1) is 0 Å². The van der Waals surface area contributed by atoms with Crippen LogP contribution in [0, 0.1) is 0 Å². The molecule has 1 fully saturated rings. The van der Waals surface area contributed by atoms with E-state index in [-0.39, 0.29) is 0 Å². The molecule has 1 aromatic rings. The molecule has 0 radical (unpaired) electrons. The molecular weight excluding hydrogens is 226 g/mol. The zero-order chi connectivity index (χ0) is 13.0. The Labute approximate surface area is 109 Å². The molecule has 1 N–H and O–H groups in total. The van der Waals surface area contributed by atoms with Crippen molar-refractivity contribution in [3.05, 3.63) is 18.3 Å². The molecule has 0 bridgehead atoms. The zero-order valence-corrected chi connectivity index (χ0v) is 11.5. The van der Waals surface area contributed by atoms with E-state index in [1.807, 2.05) is 19.1 Å². The summed E-state index contributed by atoms with van der Waals surface area (Å²) in [6.45, 7) is 9.39. The van der Waals surface area contributed by atoms with Gasteiger partial charge in [0.2, 0.25) is 5.88 Å². The highest BCUT2D eigenvalue weighted by molar-refractivity contribution is 5.52. The maximum Gasteiger partial charge on any atom is 0.237 e. The SMILES string of the molecule is CCOc1ncccc1NC1CCN(C(C)C)C1. The second-order valence-electron chi connectivity index (χ2n) is 5.01. The van der Waals surface area contributed by atoms with Gasteiger partial charge in [-0.3, -0.25) is 4.90 Å². The van der Waals surface area contributed by atoms with Crippen molar-refractivity contribution in [2.24, 2.45) is 0 Å². The van der Waals surface area contributed by atoms with Crippen LogP contribution in [0.25, 0.3) is 0 Å². The summed E-state index contributed by atoms with van der Waals surface area (Å²) < 4.78 is 5.53. The maximum absolute atomic E-state index is 5.53. The molecule has 1 unspecified atom stereocenters. The van der Waals surface area contributed by atoms with Gasteiger partial charge in [-0.1, -0.05) is 0 Å². The van der Waals surface area contributed by atoms with E-state index in [0.29, 0.717) is 24.6 Å². The fourth-order valence-corrected chi connectivity index (χ4v) is 2.35. The van der Waals surface area contributed by atoms with Crippen LogP contribution in [0.5, 0.6) is 5.88 Å². The summed E-state index contributed by atoms with van der Waals surface area (Å²) in [5, 5.41) is 3.55. The molecule has 1 aliphatic heterocycles. The maximum atomic E-state index is 5.53. The van der Waals surface area contributed by atoms with E-state index in [9.17, 15) is 0 Å². The molecule has 1 saturated heterocycles. The van der Waals surface area contributed by atoms with Gasteiger partial charge in [0.25, 0.3) is 0 Å². The van der Waals surface area contributed by atoms with Gasteiger partial charge >= 0.3 is 0 Å². The number of pyridine rings is 1. The lowest BCUT2D eigenvalue weighted by Crippen LogP contribution is -2.31. The third kappa shape index (κ3) is 3.13. The van der Waals surface area contributed by atoms with E-state index < -0.39 is 0 Å². The van der Waals surface area contributed by atoms with Crippen molar-refractivity contribution in [3.8, 4) is 5.88 Å². The summed E-state index contributed by atoms with van der Waals surface area (Å²) in [6.07, 6.45) is 2.95. The normalized spacial score (nSPS) is 20.3. The summed E-state index contributed by atoms with van der Waals surface area (Å²) in [5.74, 6) is 0.711. The van der Waals surface area contributed by atoms with Crippen LogP contribution in [0.15, 0.2) is 18.3 Å². The van der Waals surface area contributed by atoms with E-state index >= 15 is 0 Å². The molecule has 0 amide bonds. The molecule has 2 rings (SSSR count). The molecule has 0 spiro atoms. The number of hydrogen-bond donors (Lipinski definition) is 1. The van der Waals surface area contributed by atoms with E-state index in [1.54, 1.807) is 6.20 Å². The van der Waals surface area contributed by atoms with Crippen molar-refractivity contribution >= 4 is 5.69 Å². The summed E-state index contributed by atoms with van der Waals surface area (Å²) in [7, 11) is 0. The molecule has 1 aliphatic rings. The van der Waals surface area contributed by atoms with Crippen LogP contribution >= 0.6 is 0 Å². The minimum atomic E-state index is 0.496. The fourth-order valence-electron chi connectivity index (χ4n) is 2.35. The van der Waals surface area contributed by atoms with Gasteiger partial charge in [0, 0.05) is 31.4 Å². The lowest BCUT2D eigenvalue weighted by atomic mass is 10.2. The van der Waals surface area contributed by atoms with Crippen LogP contribution in [0.1, 0.15) is 27.2 Å². The van der Waals surface area contributed by atoms with Crippen LogP contribution in [0.3, 0.4) is 0 Å². The number of ether oxygens (including phenoxy) is 1. The molecular formula is C14H23N3O. The van der Waals surface area contributed by atoms with Crippen molar-refractivity contribution in [1.29, 1.82) is 0 Å². The number of likely N-dealkylation sites (tertiary alicyclic amines) is 1. The minimum Gasteiger partial charge on any atom is -0.476 e. The van der Waals surface area contributed by atoms with E-state index in [2.05, 4.69) is 29.0 Å². The summed E-state index contributed by atoms with van der Waals surface area (Å²) in [5.41, 5.74) is 1.01. The first kappa shape index (κ1) is 13.1. The highest BCUT2D eigenvalue weighted by Gasteiger charge is 2.24. The van der Waals surface area contributed by atoms with Crippen LogP contribution in [-0.2, 0) is 0 Å². The molecule has 1 aromatic heterocycles. The van der Waals surface area contributed by atoms with Crippen molar-refractivity contribution in [3.63, 3.8) is 0 Å². The first-order chi connectivity index (χ1) is 8.70. The number of nitrogens with one attached hydrogen (secondary N) is 1. The highest BCUT2D eigenvalue weighted by atomic mass is 16.5. The van der Waals surface area contributed by atoms with Gasteiger partial charge < -0.3 is 10.1 Å². The quantitative estimate of drug-likeness (QED) is 0.869. The topological polar surface area (TPSA) is 37.4 Å². The smallest absolute Gasteiger partial charge is 0.237 e. The molecule has 100 valence electrons. The second kappa shape index (κ2) is 6.05. The third-order valence-corrected chi connectivity index (χ3v) is 3.36. The van der Waals surface area contributed by atoms with Crippen molar-refractivity contribution in [2.45, 2.75) is 39.3 Å². The van der Waals surface area contributed by atoms with E-state index in [1.165, 1.54) is 13.0 Å². The van der Waals surface area contributed by atoms with Gasteiger partial charge in [-0.05, 0) is 39.3 Å². The molecule has 18 heavy (non-hydrogen) atoms. The van der Waals surface area contributed by atoms with Crippen molar-refractivity contribution < 1.29 is 4.74 Å². The Bertz CT molecular complexity index is 381. The first-order valence-electron chi connectivity index (χ1n) is 6.79. The predicted octanol–water partition coefficient (Wildman–Crippen LogP) is 2.37. The Kier molecular flexibility index (Phi) is 4.42. The van der Waals surface area contributed by atoms with Gasteiger partial charge in [0.15, 0.2) is 0 Å². The molecule has 1 atom stereocenters. The standard InChI is InChI=1S/C14H23N3O/c1-4-18-14-13(6-5-8-15-14)16-12-7-9-17(10-12)11(2)3/h5-6,8,11-12,16H,4,7,9-10H2,1-3H3. The van der Waals surface area contributed by atoms with Crippen LogP contribution in [0.2, 0.25) is 0 Å². The first-order valence-corrected chi connectivity index (χ1v) is 6.79. The molecule has 4 heteroatoms. The average molecular weight is 249 g/mol. The largest absolute Gasteiger partial charge is 0.476 e. The second-order valence-corrected chi connectivity index (χ2v) is 5.01. The molecule has 4 nitrogen and oxygen atoms in total. The summed E-state index contributed by atoms with van der Waals surface area (Å²) in [4.78, 5) is 6.76. The van der Waals surface area contributed by atoms with Gasteiger partial charge in [0.1, 0.15) is 0 Å². The monoisotopic (exact) mass is 249 g/mol. The molecule has 0 saturated carbocycles. The summed E-state index contributed by atoms with van der Waals surface area (Å²) in [6, 6.07) is 5.10. The Morgan fingerprint density at radius 3 is 3.06 bits per heavy atom. The number of anilines is 1. The minimum absolute atomic E-state index is 0.496. The van der Waals surface area contributed by atoms with Crippen LogP contribution in [-0.4, -0.2) is 41.7 Å².